The van der Waals surface area contributed by atoms with E-state index in [2.05, 4.69) is 27.3 Å². The summed E-state index contributed by atoms with van der Waals surface area (Å²) in [4.78, 5) is 24.5. The van der Waals surface area contributed by atoms with Crippen molar-refractivity contribution in [2.45, 2.75) is 38.2 Å². The van der Waals surface area contributed by atoms with Gasteiger partial charge in [0.15, 0.2) is 11.5 Å². The van der Waals surface area contributed by atoms with E-state index in [1.165, 1.54) is 6.07 Å². The number of ether oxygens (including phenoxy) is 2. The number of benzene rings is 3. The number of aromatic nitrogens is 2. The minimum atomic E-state index is -0.306. The van der Waals surface area contributed by atoms with Gasteiger partial charge in [-0.2, -0.15) is 0 Å². The number of carbonyl (C=O) groups is 1. The third-order valence-electron chi connectivity index (χ3n) is 7.21. The Bertz CT molecular complexity index is 1430. The Kier molecular flexibility index (Phi) is 9.31. The number of piperidine rings is 1. The lowest BCUT2D eigenvalue weighted by Crippen LogP contribution is -2.41. The average Bonchev–Trinajstić information content (AvgIpc) is 3.01. The number of phenolic OH excluding ortho intramolecular Hbond substituents is 1. The largest absolute Gasteiger partial charge is 0.507 e. The highest BCUT2D eigenvalue weighted by molar-refractivity contribution is 5.96. The van der Waals surface area contributed by atoms with Gasteiger partial charge in [-0.1, -0.05) is 54.6 Å². The summed E-state index contributed by atoms with van der Waals surface area (Å²) in [7, 11) is 0. The molecular formula is C33H36N4O4. The van der Waals surface area contributed by atoms with Crippen molar-refractivity contribution in [1.29, 1.82) is 0 Å². The summed E-state index contributed by atoms with van der Waals surface area (Å²) in [5.41, 5.74) is 2.20. The molecule has 1 saturated heterocycles. The Morgan fingerprint density at radius 3 is 2.59 bits per heavy atom. The maximum atomic E-state index is 12.7. The lowest BCUT2D eigenvalue weighted by Gasteiger charge is -2.34. The summed E-state index contributed by atoms with van der Waals surface area (Å²) in [5.74, 6) is 1.93. The summed E-state index contributed by atoms with van der Waals surface area (Å²) in [6.07, 6.45) is 6.18. The first-order valence-corrected chi connectivity index (χ1v) is 14.2. The molecule has 1 fully saturated rings. The van der Waals surface area contributed by atoms with Crippen LogP contribution in [0.5, 0.6) is 17.2 Å². The van der Waals surface area contributed by atoms with Gasteiger partial charge < -0.3 is 24.8 Å². The molecule has 2 atom stereocenters. The van der Waals surface area contributed by atoms with Crippen LogP contribution < -0.4 is 19.7 Å². The topological polar surface area (TPSA) is 96.8 Å². The first-order chi connectivity index (χ1) is 20.1. The summed E-state index contributed by atoms with van der Waals surface area (Å²) >= 11 is 0. The fourth-order valence-electron chi connectivity index (χ4n) is 5.20. The zero-order chi connectivity index (χ0) is 28.4. The molecule has 0 radical (unpaired) electrons. The van der Waals surface area contributed by atoms with E-state index in [1.54, 1.807) is 18.2 Å². The van der Waals surface area contributed by atoms with E-state index in [1.807, 2.05) is 61.8 Å². The van der Waals surface area contributed by atoms with Crippen LogP contribution in [0.3, 0.4) is 0 Å². The van der Waals surface area contributed by atoms with Gasteiger partial charge in [0.1, 0.15) is 17.7 Å². The number of hydrogen-bond donors (Lipinski definition) is 2. The van der Waals surface area contributed by atoms with E-state index in [9.17, 15) is 9.90 Å². The van der Waals surface area contributed by atoms with Crippen molar-refractivity contribution in [3.05, 3.63) is 108 Å². The molecule has 1 aliphatic heterocycles. The number of anilines is 1. The zero-order valence-corrected chi connectivity index (χ0v) is 23.3. The molecule has 1 amide bonds. The predicted molar refractivity (Wildman–Crippen MR) is 159 cm³/mol. The molecule has 2 N–H and O–H groups in total. The third kappa shape index (κ3) is 7.14. The van der Waals surface area contributed by atoms with Crippen molar-refractivity contribution in [2.75, 3.05) is 31.1 Å². The predicted octanol–water partition coefficient (Wildman–Crippen LogP) is 5.58. The van der Waals surface area contributed by atoms with Gasteiger partial charge in [0.25, 0.3) is 5.91 Å². The second kappa shape index (κ2) is 13.7. The lowest BCUT2D eigenvalue weighted by atomic mass is 9.92. The van der Waals surface area contributed by atoms with E-state index in [0.717, 1.165) is 48.0 Å². The number of carbonyl (C=O) groups excluding carboxylic acids is 1. The molecule has 1 aliphatic rings. The fourth-order valence-corrected chi connectivity index (χ4v) is 5.20. The standard InChI is InChI=1S/C33H36N4O4/c1-2-40-30-16-8-9-17-31(30)41-25-13-10-20-37(23-25)32-22-34-21-28(36-32)26(24-11-4-3-5-12-24)18-19-35-33(39)27-14-6-7-15-29(27)38/h3-9,11-12,14-17,21-22,25-26,38H,2,10,13,18-20,23H2,1H3,(H,35,39)/t25-,26-/m1/s1. The molecule has 0 saturated carbocycles. The van der Waals surface area contributed by atoms with Crippen LogP contribution in [0.2, 0.25) is 0 Å². The van der Waals surface area contributed by atoms with E-state index >= 15 is 0 Å². The fraction of sp³-hybridized carbons (Fsp3) is 0.303. The van der Waals surface area contributed by atoms with Crippen LogP contribution in [0.1, 0.15) is 53.7 Å². The average molecular weight is 553 g/mol. The molecule has 1 aromatic heterocycles. The van der Waals surface area contributed by atoms with Gasteiger partial charge in [0, 0.05) is 25.2 Å². The van der Waals surface area contributed by atoms with Crippen LogP contribution in [-0.2, 0) is 0 Å². The summed E-state index contributed by atoms with van der Waals surface area (Å²) in [5, 5.41) is 13.0. The number of hydrogen-bond acceptors (Lipinski definition) is 7. The van der Waals surface area contributed by atoms with Crippen molar-refractivity contribution in [2.24, 2.45) is 0 Å². The molecule has 4 aromatic rings. The highest BCUT2D eigenvalue weighted by atomic mass is 16.5. The number of rotatable bonds is 11. The first kappa shape index (κ1) is 28.0. The van der Waals surface area contributed by atoms with Crippen LogP contribution in [0.4, 0.5) is 5.82 Å². The summed E-state index contributed by atoms with van der Waals surface area (Å²) in [6, 6.07) is 24.5. The van der Waals surface area contributed by atoms with E-state index in [-0.39, 0.29) is 29.2 Å². The van der Waals surface area contributed by atoms with E-state index < -0.39 is 0 Å². The van der Waals surface area contributed by atoms with Crippen molar-refractivity contribution in [3.8, 4) is 17.2 Å². The molecule has 212 valence electrons. The smallest absolute Gasteiger partial charge is 0.255 e. The van der Waals surface area contributed by atoms with Crippen molar-refractivity contribution >= 4 is 11.7 Å². The van der Waals surface area contributed by atoms with Crippen molar-refractivity contribution in [1.82, 2.24) is 15.3 Å². The van der Waals surface area contributed by atoms with Crippen LogP contribution in [0.25, 0.3) is 0 Å². The van der Waals surface area contributed by atoms with Crippen molar-refractivity contribution in [3.63, 3.8) is 0 Å². The Hall–Kier alpha value is -4.59. The van der Waals surface area contributed by atoms with Crippen LogP contribution in [0.15, 0.2) is 91.3 Å². The van der Waals surface area contributed by atoms with Gasteiger partial charge >= 0.3 is 0 Å². The molecular weight excluding hydrogens is 516 g/mol. The Balaban J connectivity index is 1.30. The highest BCUT2D eigenvalue weighted by Crippen LogP contribution is 2.31. The number of nitrogens with one attached hydrogen (secondary N) is 1. The summed E-state index contributed by atoms with van der Waals surface area (Å²) < 4.78 is 12.1. The Morgan fingerprint density at radius 2 is 1.78 bits per heavy atom. The van der Waals surface area contributed by atoms with Gasteiger partial charge in [-0.25, -0.2) is 4.98 Å². The third-order valence-corrected chi connectivity index (χ3v) is 7.21. The van der Waals surface area contributed by atoms with Gasteiger partial charge in [-0.3, -0.25) is 9.78 Å². The van der Waals surface area contributed by atoms with Crippen molar-refractivity contribution < 1.29 is 19.4 Å². The van der Waals surface area contributed by atoms with Crippen LogP contribution in [0, 0.1) is 0 Å². The Labute approximate surface area is 241 Å². The lowest BCUT2D eigenvalue weighted by molar-refractivity contribution is 0.0950. The minimum absolute atomic E-state index is 0.00495. The molecule has 0 aliphatic carbocycles. The molecule has 8 heteroatoms. The molecule has 3 aromatic carbocycles. The molecule has 0 bridgehead atoms. The van der Waals surface area contributed by atoms with Crippen LogP contribution >= 0.6 is 0 Å². The monoisotopic (exact) mass is 552 g/mol. The summed E-state index contributed by atoms with van der Waals surface area (Å²) in [6.45, 7) is 4.54. The van der Waals surface area contributed by atoms with Crippen LogP contribution in [-0.4, -0.2) is 53.3 Å². The van der Waals surface area contributed by atoms with Gasteiger partial charge in [-0.05, 0) is 56.0 Å². The van der Waals surface area contributed by atoms with E-state index in [0.29, 0.717) is 26.1 Å². The molecule has 0 unspecified atom stereocenters. The van der Waals surface area contributed by atoms with Gasteiger partial charge in [-0.15, -0.1) is 0 Å². The number of amides is 1. The quantitative estimate of drug-likeness (QED) is 0.251. The van der Waals surface area contributed by atoms with Gasteiger partial charge in [0.2, 0.25) is 0 Å². The second-order valence-corrected chi connectivity index (χ2v) is 10.0. The molecule has 41 heavy (non-hydrogen) atoms. The highest BCUT2D eigenvalue weighted by Gasteiger charge is 2.25. The zero-order valence-electron chi connectivity index (χ0n) is 23.3. The first-order valence-electron chi connectivity index (χ1n) is 14.2. The maximum absolute atomic E-state index is 12.7. The normalized spacial score (nSPS) is 15.6. The van der Waals surface area contributed by atoms with Gasteiger partial charge in [0.05, 0.1) is 30.6 Å². The number of aromatic hydroxyl groups is 1. The molecule has 5 rings (SSSR count). The minimum Gasteiger partial charge on any atom is -0.507 e. The molecule has 2 heterocycles. The molecule has 0 spiro atoms. The number of nitrogens with zero attached hydrogens (tertiary/aromatic N) is 3. The number of phenols is 1. The maximum Gasteiger partial charge on any atom is 0.255 e. The Morgan fingerprint density at radius 1 is 1.02 bits per heavy atom. The molecule has 8 nitrogen and oxygen atoms in total. The second-order valence-electron chi connectivity index (χ2n) is 10.0. The SMILES string of the molecule is CCOc1ccccc1O[C@@H]1CCCN(c2cncc([C@H](CCNC(=O)c3ccccc3O)c3ccccc3)n2)C1. The van der Waals surface area contributed by atoms with E-state index in [4.69, 9.17) is 14.5 Å². The number of para-hydroxylation sites is 3.